The molecule has 7 nitrogen and oxygen atoms in total. The first kappa shape index (κ1) is 20.4. The maximum atomic E-state index is 12.9. The summed E-state index contributed by atoms with van der Waals surface area (Å²) in [6.07, 6.45) is 3.38. The number of nitrogens with zero attached hydrogens (tertiary/aromatic N) is 4. The van der Waals surface area contributed by atoms with Crippen molar-refractivity contribution in [2.24, 2.45) is 0 Å². The van der Waals surface area contributed by atoms with Crippen molar-refractivity contribution in [2.45, 2.75) is 12.1 Å². The van der Waals surface area contributed by atoms with E-state index in [1.807, 2.05) is 43.3 Å². The summed E-state index contributed by atoms with van der Waals surface area (Å²) in [6.45, 7) is 2.50. The van der Waals surface area contributed by atoms with Crippen LogP contribution in [0.3, 0.4) is 0 Å². The van der Waals surface area contributed by atoms with Gasteiger partial charge in [0.05, 0.1) is 12.4 Å². The number of thioether (sulfide) groups is 1. The molecule has 2 heterocycles. The average Bonchev–Trinajstić information content (AvgIpc) is 3.18. The van der Waals surface area contributed by atoms with Gasteiger partial charge >= 0.3 is 5.56 Å². The van der Waals surface area contributed by atoms with E-state index in [1.165, 1.54) is 16.3 Å². The first-order valence-electron chi connectivity index (χ1n) is 9.18. The van der Waals surface area contributed by atoms with Gasteiger partial charge in [-0.05, 0) is 43.3 Å². The van der Waals surface area contributed by atoms with Crippen LogP contribution >= 0.6 is 27.7 Å². The van der Waals surface area contributed by atoms with Crippen molar-refractivity contribution in [2.75, 3.05) is 12.4 Å². The molecule has 0 saturated carbocycles. The molecule has 0 unspecified atom stereocenters. The molecule has 0 bridgehead atoms. The number of aromatic nitrogens is 4. The van der Waals surface area contributed by atoms with Gasteiger partial charge in [-0.2, -0.15) is 0 Å². The highest BCUT2D eigenvalue weighted by Crippen LogP contribution is 2.19. The first-order valence-corrected chi connectivity index (χ1v) is 11.0. The number of rotatable bonds is 7. The van der Waals surface area contributed by atoms with Gasteiger partial charge in [-0.1, -0.05) is 39.8 Å². The molecule has 152 valence electrons. The topological polar surface area (TPSA) is 78.5 Å². The second-order valence-electron chi connectivity index (χ2n) is 6.30. The molecule has 9 heteroatoms. The summed E-state index contributed by atoms with van der Waals surface area (Å²) in [6, 6.07) is 14.4. The molecule has 2 aromatic carbocycles. The molecule has 30 heavy (non-hydrogen) atoms. The zero-order chi connectivity index (χ0) is 21.1. The van der Waals surface area contributed by atoms with Crippen molar-refractivity contribution < 1.29 is 9.53 Å². The summed E-state index contributed by atoms with van der Waals surface area (Å²) in [5, 5.41) is 8.61. The van der Waals surface area contributed by atoms with Crippen LogP contribution in [0.2, 0.25) is 0 Å². The third-order valence-corrected chi connectivity index (χ3v) is 5.84. The quantitative estimate of drug-likeness (QED) is 0.291. The molecule has 0 fully saturated rings. The highest BCUT2D eigenvalue weighted by atomic mass is 79.9. The lowest BCUT2D eigenvalue weighted by Crippen LogP contribution is -2.20. The second-order valence-corrected chi connectivity index (χ2v) is 8.15. The van der Waals surface area contributed by atoms with Crippen LogP contribution in [0.15, 0.2) is 75.3 Å². The number of fused-ring (bicyclic) bond motifs is 1. The van der Waals surface area contributed by atoms with Gasteiger partial charge < -0.3 is 4.74 Å². The molecule has 0 aliphatic carbocycles. The highest BCUT2D eigenvalue weighted by molar-refractivity contribution is 9.10. The maximum absolute atomic E-state index is 12.9. The van der Waals surface area contributed by atoms with E-state index in [4.69, 9.17) is 4.74 Å². The molecule has 0 atom stereocenters. The lowest BCUT2D eigenvalue weighted by atomic mass is 10.2. The predicted octanol–water partition coefficient (Wildman–Crippen LogP) is 4.02. The van der Waals surface area contributed by atoms with Crippen LogP contribution in [0.1, 0.15) is 17.3 Å². The Labute approximate surface area is 184 Å². The van der Waals surface area contributed by atoms with Crippen LogP contribution < -0.4 is 10.3 Å². The van der Waals surface area contributed by atoms with Crippen LogP contribution in [-0.2, 0) is 0 Å². The Hall–Kier alpha value is -2.91. The van der Waals surface area contributed by atoms with Crippen molar-refractivity contribution in [1.82, 2.24) is 19.2 Å². The fourth-order valence-corrected chi connectivity index (χ4v) is 3.96. The van der Waals surface area contributed by atoms with Gasteiger partial charge in [0.1, 0.15) is 5.75 Å². The van der Waals surface area contributed by atoms with Gasteiger partial charge in [-0.3, -0.25) is 18.6 Å². The molecule has 0 N–H and O–H groups in total. The van der Waals surface area contributed by atoms with Crippen molar-refractivity contribution >= 4 is 39.1 Å². The van der Waals surface area contributed by atoms with Crippen molar-refractivity contribution in [1.29, 1.82) is 0 Å². The van der Waals surface area contributed by atoms with Gasteiger partial charge in [-0.25, -0.2) is 0 Å². The Balaban J connectivity index is 1.55. The lowest BCUT2D eigenvalue weighted by Gasteiger charge is -2.08. The largest absolute Gasteiger partial charge is 0.494 e. The number of ether oxygens (including phenoxy) is 1. The number of carbonyl (C=O) groups is 1. The van der Waals surface area contributed by atoms with Crippen LogP contribution in [0.5, 0.6) is 5.75 Å². The smallest absolute Gasteiger partial charge is 0.300 e. The fraction of sp³-hybridized carbons (Fsp3) is 0.143. The Bertz CT molecular complexity index is 1250. The van der Waals surface area contributed by atoms with Crippen molar-refractivity contribution in [3.8, 4) is 11.4 Å². The van der Waals surface area contributed by atoms with E-state index in [-0.39, 0.29) is 22.7 Å². The van der Waals surface area contributed by atoms with Gasteiger partial charge in [-0.15, -0.1) is 10.2 Å². The number of carbonyl (C=O) groups excluding carboxylic acids is 1. The third-order valence-electron chi connectivity index (χ3n) is 4.36. The molecular weight excluding hydrogens is 468 g/mol. The lowest BCUT2D eigenvalue weighted by molar-refractivity contribution is 0.102. The van der Waals surface area contributed by atoms with Crippen molar-refractivity contribution in [3.63, 3.8) is 0 Å². The zero-order valence-corrected chi connectivity index (χ0v) is 18.4. The number of benzene rings is 2. The molecule has 4 rings (SSSR count). The maximum Gasteiger partial charge on any atom is 0.300 e. The van der Waals surface area contributed by atoms with E-state index in [9.17, 15) is 9.59 Å². The molecular formula is C21H17BrN4O3S. The number of Topliss-reactive ketones (excluding diaryl/α,β-unsaturated/α-hetero) is 1. The Kier molecular flexibility index (Phi) is 6.01. The zero-order valence-electron chi connectivity index (χ0n) is 16.0. The summed E-state index contributed by atoms with van der Waals surface area (Å²) >= 11 is 4.60. The SMILES string of the molecule is CCOc1ccc(-n2ccn3c(SCC(=O)c4ccc(Br)cc4)nnc3c2=O)cc1. The monoisotopic (exact) mass is 484 g/mol. The number of hydrogen-bond acceptors (Lipinski definition) is 6. The van der Waals surface area contributed by atoms with Crippen LogP contribution in [0, 0.1) is 0 Å². The molecule has 0 aliphatic heterocycles. The summed E-state index contributed by atoms with van der Waals surface area (Å²) in [7, 11) is 0. The molecule has 0 amide bonds. The summed E-state index contributed by atoms with van der Waals surface area (Å²) in [5.41, 5.74) is 1.23. The predicted molar refractivity (Wildman–Crippen MR) is 119 cm³/mol. The van der Waals surface area contributed by atoms with Crippen LogP contribution in [-0.4, -0.2) is 37.3 Å². The average molecular weight is 485 g/mol. The number of hydrogen-bond donors (Lipinski definition) is 0. The van der Waals surface area contributed by atoms with Crippen molar-refractivity contribution in [3.05, 3.63) is 81.3 Å². The molecule has 2 aromatic heterocycles. The summed E-state index contributed by atoms with van der Waals surface area (Å²) in [4.78, 5) is 25.3. The number of ketones is 1. The first-order chi connectivity index (χ1) is 14.6. The Morgan fingerprint density at radius 3 is 2.50 bits per heavy atom. The van der Waals surface area contributed by atoms with Gasteiger partial charge in [0.15, 0.2) is 10.9 Å². The summed E-state index contributed by atoms with van der Waals surface area (Å²) < 4.78 is 9.46. The highest BCUT2D eigenvalue weighted by Gasteiger charge is 2.14. The van der Waals surface area contributed by atoms with E-state index < -0.39 is 0 Å². The van der Waals surface area contributed by atoms with E-state index in [0.717, 1.165) is 10.2 Å². The fourth-order valence-electron chi connectivity index (χ4n) is 2.89. The van der Waals surface area contributed by atoms with E-state index >= 15 is 0 Å². The van der Waals surface area contributed by atoms with Crippen LogP contribution in [0.25, 0.3) is 11.3 Å². The van der Waals surface area contributed by atoms with Gasteiger partial charge in [0.25, 0.3) is 0 Å². The van der Waals surface area contributed by atoms with Gasteiger partial charge in [0, 0.05) is 28.1 Å². The van der Waals surface area contributed by atoms with E-state index in [0.29, 0.717) is 23.0 Å². The molecule has 0 radical (unpaired) electrons. The van der Waals surface area contributed by atoms with Gasteiger partial charge in [0.2, 0.25) is 5.65 Å². The Morgan fingerprint density at radius 1 is 1.07 bits per heavy atom. The Morgan fingerprint density at radius 2 is 1.80 bits per heavy atom. The molecule has 0 spiro atoms. The molecule has 0 aliphatic rings. The normalized spacial score (nSPS) is 11.0. The third kappa shape index (κ3) is 4.17. The van der Waals surface area contributed by atoms with Crippen LogP contribution in [0.4, 0.5) is 0 Å². The number of halogens is 1. The minimum atomic E-state index is -0.291. The minimum Gasteiger partial charge on any atom is -0.494 e. The molecule has 4 aromatic rings. The minimum absolute atomic E-state index is 0.0213. The summed E-state index contributed by atoms with van der Waals surface area (Å²) in [5.74, 6) is 0.920. The van der Waals surface area contributed by atoms with E-state index in [2.05, 4.69) is 26.1 Å². The second kappa shape index (κ2) is 8.85. The van der Waals surface area contributed by atoms with E-state index in [1.54, 1.807) is 28.9 Å². The molecule has 0 saturated heterocycles. The standard InChI is InChI=1S/C21H17BrN4O3S/c1-2-29-17-9-7-16(8-10-17)25-11-12-26-19(20(25)28)23-24-21(26)30-13-18(27)14-3-5-15(22)6-4-14/h3-12H,2,13H2,1H3.